The summed E-state index contributed by atoms with van der Waals surface area (Å²) >= 11 is 0. The van der Waals surface area contributed by atoms with E-state index in [0.29, 0.717) is 13.2 Å². The number of ether oxygens (including phenoxy) is 3. The second-order valence-electron chi connectivity index (χ2n) is 7.25. The third kappa shape index (κ3) is 5.44. The summed E-state index contributed by atoms with van der Waals surface area (Å²) in [6.45, 7) is 4.41. The molecule has 0 amide bonds. The Labute approximate surface area is 166 Å². The van der Waals surface area contributed by atoms with Crippen LogP contribution < -0.4 is 9.47 Å². The van der Waals surface area contributed by atoms with Gasteiger partial charge in [0.25, 0.3) is 0 Å². The summed E-state index contributed by atoms with van der Waals surface area (Å²) in [5.74, 6) is 1.32. The van der Waals surface area contributed by atoms with Crippen molar-refractivity contribution in [3.8, 4) is 11.5 Å². The number of halogens is 1. The van der Waals surface area contributed by atoms with Crippen LogP contribution in [0.4, 0.5) is 4.39 Å². The number of methoxy groups -OCH3 is 1. The van der Waals surface area contributed by atoms with Gasteiger partial charge in [-0.2, -0.15) is 0 Å². The molecule has 1 aliphatic rings. The molecule has 2 aromatic carbocycles. The topological polar surface area (TPSA) is 34.2 Å². The highest BCUT2D eigenvalue weighted by Crippen LogP contribution is 2.33. The van der Waals surface area contributed by atoms with Gasteiger partial charge in [-0.1, -0.05) is 24.3 Å². The van der Waals surface area contributed by atoms with Crippen molar-refractivity contribution >= 4 is 0 Å². The third-order valence-corrected chi connectivity index (χ3v) is 4.85. The first kappa shape index (κ1) is 20.6. The molecule has 0 radical (unpaired) electrons. The van der Waals surface area contributed by atoms with Gasteiger partial charge in [-0.25, -0.2) is 4.39 Å². The van der Waals surface area contributed by atoms with E-state index in [1.807, 2.05) is 26.2 Å². The fourth-order valence-corrected chi connectivity index (χ4v) is 3.31. The lowest BCUT2D eigenvalue weighted by Gasteiger charge is -2.33. The van der Waals surface area contributed by atoms with Gasteiger partial charge in [-0.15, -0.1) is 0 Å². The normalized spacial score (nSPS) is 17.7. The van der Waals surface area contributed by atoms with Crippen LogP contribution in [0.1, 0.15) is 17.2 Å². The van der Waals surface area contributed by atoms with Gasteiger partial charge in [0.05, 0.1) is 19.8 Å². The van der Waals surface area contributed by atoms with Gasteiger partial charge in [-0.3, -0.25) is 4.90 Å². The number of hydrogen-bond acceptors (Lipinski definition) is 5. The van der Waals surface area contributed by atoms with Crippen molar-refractivity contribution in [2.45, 2.75) is 12.6 Å². The van der Waals surface area contributed by atoms with Gasteiger partial charge in [0.15, 0.2) is 11.5 Å². The van der Waals surface area contributed by atoms with Crippen molar-refractivity contribution in [1.29, 1.82) is 0 Å². The molecule has 1 fully saturated rings. The zero-order valence-corrected chi connectivity index (χ0v) is 16.9. The minimum Gasteiger partial charge on any atom is -0.493 e. The summed E-state index contributed by atoms with van der Waals surface area (Å²) < 4.78 is 30.7. The second kappa shape index (κ2) is 9.87. The van der Waals surface area contributed by atoms with E-state index in [1.54, 1.807) is 19.2 Å². The Bertz CT molecular complexity index is 752. The fourth-order valence-electron chi connectivity index (χ4n) is 3.31. The van der Waals surface area contributed by atoms with Gasteiger partial charge in [0.2, 0.25) is 0 Å². The van der Waals surface area contributed by atoms with E-state index in [1.165, 1.54) is 12.1 Å². The first-order valence-corrected chi connectivity index (χ1v) is 9.59. The fraction of sp³-hybridized carbons (Fsp3) is 0.455. The predicted molar refractivity (Wildman–Crippen MR) is 107 cm³/mol. The smallest absolute Gasteiger partial charge is 0.165 e. The monoisotopic (exact) mass is 388 g/mol. The molecule has 1 atom stereocenters. The number of para-hydroxylation sites is 1. The molecule has 0 N–H and O–H groups in total. The van der Waals surface area contributed by atoms with E-state index in [-0.39, 0.29) is 11.9 Å². The quantitative estimate of drug-likeness (QED) is 0.693. The van der Waals surface area contributed by atoms with Crippen molar-refractivity contribution in [3.63, 3.8) is 0 Å². The largest absolute Gasteiger partial charge is 0.493 e. The lowest BCUT2D eigenvalue weighted by Crippen LogP contribution is -2.37. The van der Waals surface area contributed by atoms with Crippen LogP contribution >= 0.6 is 0 Å². The Morgan fingerprint density at radius 3 is 2.68 bits per heavy atom. The van der Waals surface area contributed by atoms with Crippen LogP contribution in [-0.2, 0) is 11.3 Å². The SMILES string of the molecule is COc1cccc(CN2CCO[C@H](c3ccc(F)cc3)C2)c1OCCN(C)C. The Kier molecular flexibility index (Phi) is 7.25. The molecule has 6 heteroatoms. The number of likely N-dealkylation sites (N-methyl/N-ethyl adjacent to an activating group) is 1. The number of benzene rings is 2. The molecule has 0 aliphatic carbocycles. The zero-order valence-electron chi connectivity index (χ0n) is 16.9. The first-order chi connectivity index (χ1) is 13.6. The minimum absolute atomic E-state index is 0.0573. The van der Waals surface area contributed by atoms with Crippen molar-refractivity contribution in [3.05, 3.63) is 59.4 Å². The minimum atomic E-state index is -0.229. The summed E-state index contributed by atoms with van der Waals surface area (Å²) in [5.41, 5.74) is 2.09. The molecular formula is C22H29FN2O3. The standard InChI is InChI=1S/C22H29FN2O3/c1-24(2)11-13-28-22-18(5-4-6-20(22)26-3)15-25-12-14-27-21(16-25)17-7-9-19(23)10-8-17/h4-10,21H,11-16H2,1-3H3/t21-/m0/s1. The molecule has 1 aliphatic heterocycles. The van der Waals surface area contributed by atoms with Crippen LogP contribution in [0.5, 0.6) is 11.5 Å². The van der Waals surface area contributed by atoms with Crippen LogP contribution in [0.15, 0.2) is 42.5 Å². The lowest BCUT2D eigenvalue weighted by molar-refractivity contribution is -0.0331. The molecule has 0 spiro atoms. The molecule has 152 valence electrons. The van der Waals surface area contributed by atoms with Crippen molar-refractivity contribution in [2.24, 2.45) is 0 Å². The summed E-state index contributed by atoms with van der Waals surface area (Å²) in [6.07, 6.45) is -0.0573. The predicted octanol–water partition coefficient (Wildman–Crippen LogP) is 3.35. The van der Waals surface area contributed by atoms with E-state index in [0.717, 1.165) is 48.8 Å². The Hall–Kier alpha value is -2.15. The van der Waals surface area contributed by atoms with Gasteiger partial charge in [0, 0.05) is 31.7 Å². The Balaban J connectivity index is 1.70. The molecule has 1 saturated heterocycles. The summed E-state index contributed by atoms with van der Waals surface area (Å²) in [4.78, 5) is 4.43. The van der Waals surface area contributed by atoms with Crippen LogP contribution in [0.25, 0.3) is 0 Å². The number of hydrogen-bond donors (Lipinski definition) is 0. The average Bonchev–Trinajstić information content (AvgIpc) is 2.69. The van der Waals surface area contributed by atoms with Gasteiger partial charge >= 0.3 is 0 Å². The van der Waals surface area contributed by atoms with E-state index >= 15 is 0 Å². The van der Waals surface area contributed by atoms with Gasteiger partial charge in [-0.05, 0) is 37.9 Å². The highest BCUT2D eigenvalue weighted by atomic mass is 19.1. The van der Waals surface area contributed by atoms with Crippen LogP contribution in [0, 0.1) is 5.82 Å². The first-order valence-electron chi connectivity index (χ1n) is 9.59. The molecular weight excluding hydrogens is 359 g/mol. The Morgan fingerprint density at radius 1 is 1.18 bits per heavy atom. The molecule has 0 saturated carbocycles. The highest BCUT2D eigenvalue weighted by molar-refractivity contribution is 5.46. The molecule has 0 unspecified atom stereocenters. The summed E-state index contributed by atoms with van der Waals surface area (Å²) in [6, 6.07) is 12.6. The van der Waals surface area contributed by atoms with Crippen molar-refractivity contribution in [1.82, 2.24) is 9.80 Å². The van der Waals surface area contributed by atoms with Crippen LogP contribution in [-0.4, -0.2) is 63.9 Å². The molecule has 3 rings (SSSR count). The number of morpholine rings is 1. The van der Waals surface area contributed by atoms with E-state index in [2.05, 4.69) is 15.9 Å². The zero-order chi connectivity index (χ0) is 19.9. The van der Waals surface area contributed by atoms with Crippen LogP contribution in [0.3, 0.4) is 0 Å². The summed E-state index contributed by atoms with van der Waals surface area (Å²) in [5, 5.41) is 0. The molecule has 0 aromatic heterocycles. The maximum Gasteiger partial charge on any atom is 0.165 e. The molecule has 1 heterocycles. The van der Waals surface area contributed by atoms with E-state index < -0.39 is 0 Å². The number of rotatable bonds is 8. The number of nitrogens with zero attached hydrogens (tertiary/aromatic N) is 2. The average molecular weight is 388 g/mol. The van der Waals surface area contributed by atoms with E-state index in [4.69, 9.17) is 14.2 Å². The Morgan fingerprint density at radius 2 is 1.96 bits per heavy atom. The molecule has 28 heavy (non-hydrogen) atoms. The van der Waals surface area contributed by atoms with Crippen molar-refractivity contribution in [2.75, 3.05) is 54.1 Å². The van der Waals surface area contributed by atoms with Gasteiger partial charge in [0.1, 0.15) is 12.4 Å². The second-order valence-corrected chi connectivity index (χ2v) is 7.25. The lowest BCUT2D eigenvalue weighted by atomic mass is 10.1. The molecule has 5 nitrogen and oxygen atoms in total. The maximum absolute atomic E-state index is 13.2. The maximum atomic E-state index is 13.2. The van der Waals surface area contributed by atoms with Gasteiger partial charge < -0.3 is 19.1 Å². The summed E-state index contributed by atoms with van der Waals surface area (Å²) in [7, 11) is 5.71. The molecule has 2 aromatic rings. The third-order valence-electron chi connectivity index (χ3n) is 4.85. The molecule has 0 bridgehead atoms. The van der Waals surface area contributed by atoms with E-state index in [9.17, 15) is 4.39 Å². The van der Waals surface area contributed by atoms with Crippen LogP contribution in [0.2, 0.25) is 0 Å². The van der Waals surface area contributed by atoms with Crippen molar-refractivity contribution < 1.29 is 18.6 Å². The highest BCUT2D eigenvalue weighted by Gasteiger charge is 2.23.